The van der Waals surface area contributed by atoms with Gasteiger partial charge in [-0.3, -0.25) is 9.59 Å². The van der Waals surface area contributed by atoms with Crippen LogP contribution in [0.4, 0.5) is 5.69 Å². The van der Waals surface area contributed by atoms with Crippen molar-refractivity contribution in [3.63, 3.8) is 0 Å². The van der Waals surface area contributed by atoms with Gasteiger partial charge in [-0.25, -0.2) is 4.98 Å². The first-order valence-corrected chi connectivity index (χ1v) is 8.81. The molecule has 128 valence electrons. The van der Waals surface area contributed by atoms with Gasteiger partial charge in [0.25, 0.3) is 11.8 Å². The summed E-state index contributed by atoms with van der Waals surface area (Å²) in [6.07, 6.45) is 1.85. The van der Waals surface area contributed by atoms with E-state index in [0.29, 0.717) is 21.2 Å². The number of aryl methyl sites for hydroxylation is 2. The zero-order valence-electron chi connectivity index (χ0n) is 14.1. The molecule has 0 aliphatic heterocycles. The first-order chi connectivity index (χ1) is 11.3. The summed E-state index contributed by atoms with van der Waals surface area (Å²) < 4.78 is 0. The van der Waals surface area contributed by atoms with Gasteiger partial charge in [0.15, 0.2) is 0 Å². The van der Waals surface area contributed by atoms with E-state index >= 15 is 0 Å². The number of carbonyl (C=O) groups is 2. The first kappa shape index (κ1) is 18.4. The molecule has 0 saturated heterocycles. The number of rotatable bonds is 5. The third-order valence-corrected chi connectivity index (χ3v) is 4.92. The Morgan fingerprint density at radius 1 is 1.33 bits per heavy atom. The molecule has 0 bridgehead atoms. The molecular formula is C17H20ClN3O2S. The van der Waals surface area contributed by atoms with Gasteiger partial charge in [0.2, 0.25) is 0 Å². The average molecular weight is 366 g/mol. The normalized spacial score (nSPS) is 10.5. The Balaban J connectivity index is 2.23. The van der Waals surface area contributed by atoms with Gasteiger partial charge >= 0.3 is 0 Å². The van der Waals surface area contributed by atoms with Crippen LogP contribution in [0.15, 0.2) is 18.2 Å². The van der Waals surface area contributed by atoms with Crippen LogP contribution in [-0.2, 0) is 6.42 Å². The van der Waals surface area contributed by atoms with Gasteiger partial charge in [-0.05, 0) is 38.0 Å². The highest BCUT2D eigenvalue weighted by molar-refractivity contribution is 7.13. The second-order valence-electron chi connectivity index (χ2n) is 5.62. The van der Waals surface area contributed by atoms with E-state index in [1.807, 2.05) is 6.92 Å². The Labute approximate surface area is 150 Å². The molecule has 0 aliphatic carbocycles. The number of benzene rings is 1. The molecule has 0 spiro atoms. The minimum atomic E-state index is -0.224. The number of amides is 2. The number of hydrogen-bond acceptors (Lipinski definition) is 4. The van der Waals surface area contributed by atoms with Crippen molar-refractivity contribution in [2.24, 2.45) is 0 Å². The van der Waals surface area contributed by atoms with Crippen LogP contribution in [0, 0.1) is 6.92 Å². The molecule has 24 heavy (non-hydrogen) atoms. The Hall–Kier alpha value is -1.92. The van der Waals surface area contributed by atoms with Crippen molar-refractivity contribution in [1.82, 2.24) is 9.88 Å². The van der Waals surface area contributed by atoms with E-state index in [2.05, 4.69) is 17.2 Å². The number of nitrogens with zero attached hydrogens (tertiary/aromatic N) is 2. The third kappa shape index (κ3) is 4.13. The van der Waals surface area contributed by atoms with E-state index in [9.17, 15) is 9.59 Å². The Morgan fingerprint density at radius 2 is 2.04 bits per heavy atom. The van der Waals surface area contributed by atoms with E-state index in [1.165, 1.54) is 16.2 Å². The Bertz CT molecular complexity index is 771. The van der Waals surface area contributed by atoms with Crippen LogP contribution in [-0.4, -0.2) is 35.8 Å². The molecule has 0 radical (unpaired) electrons. The van der Waals surface area contributed by atoms with Gasteiger partial charge < -0.3 is 10.2 Å². The lowest BCUT2D eigenvalue weighted by atomic mass is 10.1. The van der Waals surface area contributed by atoms with Crippen LogP contribution in [0.2, 0.25) is 5.02 Å². The highest BCUT2D eigenvalue weighted by Gasteiger charge is 2.17. The van der Waals surface area contributed by atoms with Gasteiger partial charge in [-0.1, -0.05) is 18.5 Å². The van der Waals surface area contributed by atoms with Gasteiger partial charge in [-0.2, -0.15) is 0 Å². The average Bonchev–Trinajstić information content (AvgIpc) is 2.89. The van der Waals surface area contributed by atoms with Crippen LogP contribution < -0.4 is 5.32 Å². The number of carbonyl (C=O) groups excluding carboxylic acids is 2. The predicted molar refractivity (Wildman–Crippen MR) is 98.3 cm³/mol. The number of hydrogen-bond donors (Lipinski definition) is 1. The molecule has 1 aromatic heterocycles. The maximum atomic E-state index is 12.5. The quantitative estimate of drug-likeness (QED) is 0.870. The topological polar surface area (TPSA) is 62.3 Å². The molecule has 1 N–H and O–H groups in total. The van der Waals surface area contributed by atoms with E-state index in [0.717, 1.165) is 23.5 Å². The van der Waals surface area contributed by atoms with Crippen molar-refractivity contribution in [2.75, 3.05) is 19.4 Å². The fourth-order valence-electron chi connectivity index (χ4n) is 2.18. The lowest BCUT2D eigenvalue weighted by Crippen LogP contribution is -2.22. The fraction of sp³-hybridized carbons (Fsp3) is 0.353. The van der Waals surface area contributed by atoms with Crippen molar-refractivity contribution in [3.8, 4) is 0 Å². The number of thiazole rings is 1. The second-order valence-corrected chi connectivity index (χ2v) is 7.11. The molecule has 5 nitrogen and oxygen atoms in total. The van der Waals surface area contributed by atoms with Gasteiger partial charge in [0, 0.05) is 19.8 Å². The molecule has 2 rings (SSSR count). The second kappa shape index (κ2) is 7.77. The van der Waals surface area contributed by atoms with E-state index in [4.69, 9.17) is 11.6 Å². The summed E-state index contributed by atoms with van der Waals surface area (Å²) in [5.41, 5.74) is 1.60. The Morgan fingerprint density at radius 3 is 2.67 bits per heavy atom. The van der Waals surface area contributed by atoms with E-state index < -0.39 is 0 Å². The largest absolute Gasteiger partial charge is 0.345 e. The van der Waals surface area contributed by atoms with Gasteiger partial charge in [0.1, 0.15) is 4.88 Å². The van der Waals surface area contributed by atoms with Crippen molar-refractivity contribution in [1.29, 1.82) is 0 Å². The standard InChI is InChI=1S/C17H20ClN3O2S/c1-5-6-14-19-10(2)15(24-14)16(22)20-11-7-8-13(18)12(9-11)17(23)21(3)4/h7-9H,5-6H2,1-4H3,(H,20,22). The summed E-state index contributed by atoms with van der Waals surface area (Å²) in [4.78, 5) is 31.1. The summed E-state index contributed by atoms with van der Waals surface area (Å²) in [7, 11) is 3.31. The molecule has 1 heterocycles. The molecule has 0 fully saturated rings. The zero-order chi connectivity index (χ0) is 17.9. The lowest BCUT2D eigenvalue weighted by molar-refractivity contribution is 0.0827. The first-order valence-electron chi connectivity index (χ1n) is 7.62. The molecule has 0 saturated carbocycles. The Kier molecular flexibility index (Phi) is 5.96. The van der Waals surface area contributed by atoms with Crippen LogP contribution in [0.25, 0.3) is 0 Å². The summed E-state index contributed by atoms with van der Waals surface area (Å²) in [6, 6.07) is 4.87. The molecule has 0 unspecified atom stereocenters. The van der Waals surface area contributed by atoms with Crippen LogP contribution >= 0.6 is 22.9 Å². The number of aromatic nitrogens is 1. The van der Waals surface area contributed by atoms with Crippen molar-refractivity contribution in [2.45, 2.75) is 26.7 Å². The molecule has 2 amide bonds. The van der Waals surface area contributed by atoms with Crippen LogP contribution in [0.5, 0.6) is 0 Å². The smallest absolute Gasteiger partial charge is 0.267 e. The fourth-order valence-corrected chi connectivity index (χ4v) is 3.44. The summed E-state index contributed by atoms with van der Waals surface area (Å²) in [5.74, 6) is -0.437. The monoisotopic (exact) mass is 365 g/mol. The van der Waals surface area contributed by atoms with Gasteiger partial charge in [0.05, 0.1) is 21.3 Å². The molecule has 0 atom stereocenters. The van der Waals surface area contributed by atoms with Crippen LogP contribution in [0.3, 0.4) is 0 Å². The van der Waals surface area contributed by atoms with E-state index in [-0.39, 0.29) is 11.8 Å². The minimum absolute atomic E-state index is 0.213. The SMILES string of the molecule is CCCc1nc(C)c(C(=O)Nc2ccc(Cl)c(C(=O)N(C)C)c2)s1. The highest BCUT2D eigenvalue weighted by Crippen LogP contribution is 2.24. The summed E-state index contributed by atoms with van der Waals surface area (Å²) in [5, 5.41) is 4.13. The molecule has 7 heteroatoms. The maximum absolute atomic E-state index is 12.5. The molecule has 2 aromatic rings. The lowest BCUT2D eigenvalue weighted by Gasteiger charge is -2.13. The number of nitrogens with one attached hydrogen (secondary N) is 1. The van der Waals surface area contributed by atoms with Crippen LogP contribution in [0.1, 0.15) is 44.1 Å². The van der Waals surface area contributed by atoms with E-state index in [1.54, 1.807) is 32.3 Å². The number of anilines is 1. The molecule has 1 aromatic carbocycles. The van der Waals surface area contributed by atoms with Crippen molar-refractivity contribution in [3.05, 3.63) is 44.4 Å². The maximum Gasteiger partial charge on any atom is 0.267 e. The van der Waals surface area contributed by atoms with Crippen molar-refractivity contribution < 1.29 is 9.59 Å². The number of halogens is 1. The van der Waals surface area contributed by atoms with Crippen molar-refractivity contribution >= 4 is 40.4 Å². The summed E-state index contributed by atoms with van der Waals surface area (Å²) in [6.45, 7) is 3.90. The highest BCUT2D eigenvalue weighted by atomic mass is 35.5. The minimum Gasteiger partial charge on any atom is -0.345 e. The third-order valence-electron chi connectivity index (χ3n) is 3.37. The summed E-state index contributed by atoms with van der Waals surface area (Å²) >= 11 is 7.49. The molecular weight excluding hydrogens is 346 g/mol. The predicted octanol–water partition coefficient (Wildman–Crippen LogP) is 4.01. The molecule has 0 aliphatic rings. The van der Waals surface area contributed by atoms with Gasteiger partial charge in [-0.15, -0.1) is 11.3 Å². The zero-order valence-corrected chi connectivity index (χ0v) is 15.7.